The number of benzene rings is 2. The quantitative estimate of drug-likeness (QED) is 0.500. The molecule has 0 amide bonds. The minimum absolute atomic E-state index is 0.115. The molecule has 2 aromatic carbocycles. The number of hydrogen-bond acceptors (Lipinski definition) is 6. The van der Waals surface area contributed by atoms with E-state index in [0.29, 0.717) is 17.2 Å². The van der Waals surface area contributed by atoms with E-state index >= 15 is 0 Å². The smallest absolute Gasteiger partial charge is 0.292 e. The van der Waals surface area contributed by atoms with Crippen LogP contribution in [0.4, 0.5) is 15.8 Å². The van der Waals surface area contributed by atoms with Crippen LogP contribution in [0.1, 0.15) is 0 Å². The van der Waals surface area contributed by atoms with Gasteiger partial charge >= 0.3 is 0 Å². The van der Waals surface area contributed by atoms with Crippen LogP contribution in [0.15, 0.2) is 36.4 Å². The first-order valence-electron chi connectivity index (χ1n) is 6.84. The van der Waals surface area contributed by atoms with Gasteiger partial charge in [0.2, 0.25) is 6.79 Å². The van der Waals surface area contributed by atoms with Crippen molar-refractivity contribution < 1.29 is 23.5 Å². The normalized spacial score (nSPS) is 12.0. The highest BCUT2D eigenvalue weighted by molar-refractivity contribution is 5.61. The summed E-state index contributed by atoms with van der Waals surface area (Å²) in [5.74, 6) is 1.31. The molecule has 1 aliphatic rings. The number of nitrogens with one attached hydrogen (secondary N) is 1. The van der Waals surface area contributed by atoms with Crippen LogP contribution in [0.5, 0.6) is 17.2 Å². The number of nitrogens with zero attached hydrogens (tertiary/aromatic N) is 1. The summed E-state index contributed by atoms with van der Waals surface area (Å²) in [4.78, 5) is 10.3. The average molecular weight is 320 g/mol. The maximum absolute atomic E-state index is 13.2. The largest absolute Gasteiger partial charge is 0.492 e. The van der Waals surface area contributed by atoms with Crippen molar-refractivity contribution in [3.8, 4) is 17.2 Å². The van der Waals surface area contributed by atoms with E-state index in [0.717, 1.165) is 18.2 Å². The lowest BCUT2D eigenvalue weighted by Gasteiger charge is -2.09. The molecule has 0 aromatic heterocycles. The summed E-state index contributed by atoms with van der Waals surface area (Å²) >= 11 is 0. The summed E-state index contributed by atoms with van der Waals surface area (Å²) in [5.41, 5.74) is -0.0706. The lowest BCUT2D eigenvalue weighted by molar-refractivity contribution is -0.384. The van der Waals surface area contributed by atoms with Crippen molar-refractivity contribution >= 4 is 11.4 Å². The Kier molecular flexibility index (Phi) is 4.13. The number of nitro benzene ring substituents is 1. The van der Waals surface area contributed by atoms with Gasteiger partial charge in [0.15, 0.2) is 11.5 Å². The van der Waals surface area contributed by atoms with Crippen molar-refractivity contribution in [1.82, 2.24) is 0 Å². The third-order valence-electron chi connectivity index (χ3n) is 3.19. The highest BCUT2D eigenvalue weighted by atomic mass is 19.1. The fourth-order valence-electron chi connectivity index (χ4n) is 2.13. The molecule has 7 nitrogen and oxygen atoms in total. The second kappa shape index (κ2) is 6.39. The van der Waals surface area contributed by atoms with E-state index in [-0.39, 0.29) is 31.3 Å². The second-order valence-electron chi connectivity index (χ2n) is 4.71. The molecule has 0 saturated carbocycles. The SMILES string of the molecule is O=[N+]([O-])c1ccc(F)cc1NCCOc1ccc2c(c1)OCO2. The van der Waals surface area contributed by atoms with Gasteiger partial charge in [0.25, 0.3) is 5.69 Å². The van der Waals surface area contributed by atoms with Gasteiger partial charge in [-0.15, -0.1) is 0 Å². The lowest BCUT2D eigenvalue weighted by atomic mass is 10.2. The third kappa shape index (κ3) is 3.42. The van der Waals surface area contributed by atoms with Crippen LogP contribution in [-0.2, 0) is 0 Å². The van der Waals surface area contributed by atoms with Crippen molar-refractivity contribution in [2.24, 2.45) is 0 Å². The highest BCUT2D eigenvalue weighted by Gasteiger charge is 2.15. The fourth-order valence-corrected chi connectivity index (χ4v) is 2.13. The summed E-state index contributed by atoms with van der Waals surface area (Å²) in [5, 5.41) is 13.7. The predicted molar refractivity (Wildman–Crippen MR) is 79.6 cm³/mol. The van der Waals surface area contributed by atoms with Gasteiger partial charge in [0.1, 0.15) is 23.9 Å². The average Bonchev–Trinajstić information content (AvgIpc) is 2.99. The standard InChI is InChI=1S/C15H13FN2O5/c16-10-1-3-13(18(19)20)12(7-10)17-5-6-21-11-2-4-14-15(8-11)23-9-22-14/h1-4,7-8,17H,5-6,9H2. The number of fused-ring (bicyclic) bond motifs is 1. The van der Waals surface area contributed by atoms with E-state index in [4.69, 9.17) is 14.2 Å². The molecule has 0 saturated heterocycles. The molecule has 1 aliphatic heterocycles. The number of ether oxygens (including phenoxy) is 3. The molecule has 1 heterocycles. The van der Waals surface area contributed by atoms with Gasteiger partial charge < -0.3 is 19.5 Å². The Bertz CT molecular complexity index is 738. The number of halogens is 1. The van der Waals surface area contributed by atoms with E-state index in [1.807, 2.05) is 0 Å². The van der Waals surface area contributed by atoms with Gasteiger partial charge in [-0.05, 0) is 18.2 Å². The molecule has 0 atom stereocenters. The molecule has 0 unspecified atom stereocenters. The number of nitro groups is 1. The number of rotatable bonds is 6. The van der Waals surface area contributed by atoms with Crippen LogP contribution in [0.2, 0.25) is 0 Å². The molecular formula is C15H13FN2O5. The van der Waals surface area contributed by atoms with Crippen LogP contribution >= 0.6 is 0 Å². The third-order valence-corrected chi connectivity index (χ3v) is 3.19. The van der Waals surface area contributed by atoms with Crippen LogP contribution in [0.25, 0.3) is 0 Å². The Labute approximate surface area is 130 Å². The van der Waals surface area contributed by atoms with Crippen molar-refractivity contribution in [2.75, 3.05) is 25.3 Å². The molecule has 3 rings (SSSR count). The van der Waals surface area contributed by atoms with Crippen molar-refractivity contribution in [3.05, 3.63) is 52.3 Å². The van der Waals surface area contributed by atoms with Crippen LogP contribution in [-0.4, -0.2) is 24.9 Å². The minimum Gasteiger partial charge on any atom is -0.492 e. The molecular weight excluding hydrogens is 307 g/mol. The molecule has 2 aromatic rings. The van der Waals surface area contributed by atoms with Gasteiger partial charge in [0, 0.05) is 24.7 Å². The molecule has 0 spiro atoms. The van der Waals surface area contributed by atoms with Crippen molar-refractivity contribution in [2.45, 2.75) is 0 Å². The van der Waals surface area contributed by atoms with Crippen LogP contribution in [0, 0.1) is 15.9 Å². The summed E-state index contributed by atoms with van der Waals surface area (Å²) < 4.78 is 29.1. The molecule has 23 heavy (non-hydrogen) atoms. The minimum atomic E-state index is -0.569. The maximum Gasteiger partial charge on any atom is 0.292 e. The predicted octanol–water partition coefficient (Wildman–Crippen LogP) is 2.95. The van der Waals surface area contributed by atoms with Crippen molar-refractivity contribution in [1.29, 1.82) is 0 Å². The lowest BCUT2D eigenvalue weighted by Crippen LogP contribution is -2.12. The zero-order chi connectivity index (χ0) is 16.2. The molecule has 120 valence electrons. The molecule has 8 heteroatoms. The number of anilines is 1. The van der Waals surface area contributed by atoms with E-state index in [9.17, 15) is 14.5 Å². The molecule has 0 aliphatic carbocycles. The summed E-state index contributed by atoms with van der Waals surface area (Å²) in [6.45, 7) is 0.704. The van der Waals surface area contributed by atoms with Gasteiger partial charge in [-0.1, -0.05) is 0 Å². The zero-order valence-electron chi connectivity index (χ0n) is 12.0. The Morgan fingerprint density at radius 1 is 1.22 bits per heavy atom. The molecule has 0 bridgehead atoms. The summed E-state index contributed by atoms with van der Waals surface area (Å²) in [6, 6.07) is 8.43. The monoisotopic (exact) mass is 320 g/mol. The first-order chi connectivity index (χ1) is 11.1. The van der Waals surface area contributed by atoms with Gasteiger partial charge in [0.05, 0.1) is 4.92 Å². The van der Waals surface area contributed by atoms with Crippen molar-refractivity contribution in [3.63, 3.8) is 0 Å². The van der Waals surface area contributed by atoms with E-state index in [2.05, 4.69) is 5.32 Å². The van der Waals surface area contributed by atoms with Gasteiger partial charge in [-0.2, -0.15) is 0 Å². The fraction of sp³-hybridized carbons (Fsp3) is 0.200. The van der Waals surface area contributed by atoms with E-state index in [1.54, 1.807) is 18.2 Å². The molecule has 0 radical (unpaired) electrons. The molecule has 1 N–H and O–H groups in total. The number of hydrogen-bond donors (Lipinski definition) is 1. The van der Waals surface area contributed by atoms with E-state index < -0.39 is 10.7 Å². The maximum atomic E-state index is 13.2. The summed E-state index contributed by atoms with van der Waals surface area (Å²) in [6.07, 6.45) is 0. The first kappa shape index (κ1) is 14.9. The first-order valence-corrected chi connectivity index (χ1v) is 6.84. The van der Waals surface area contributed by atoms with E-state index in [1.165, 1.54) is 0 Å². The topological polar surface area (TPSA) is 82.9 Å². The Morgan fingerprint density at radius 2 is 2.04 bits per heavy atom. The van der Waals surface area contributed by atoms with Gasteiger partial charge in [-0.3, -0.25) is 10.1 Å². The Balaban J connectivity index is 1.56. The zero-order valence-corrected chi connectivity index (χ0v) is 12.0. The second-order valence-corrected chi connectivity index (χ2v) is 4.71. The Morgan fingerprint density at radius 3 is 2.87 bits per heavy atom. The van der Waals surface area contributed by atoms with Crippen LogP contribution < -0.4 is 19.5 Å². The summed E-state index contributed by atoms with van der Waals surface area (Å²) in [7, 11) is 0. The van der Waals surface area contributed by atoms with Crippen LogP contribution in [0.3, 0.4) is 0 Å². The highest BCUT2D eigenvalue weighted by Crippen LogP contribution is 2.35. The van der Waals surface area contributed by atoms with Gasteiger partial charge in [-0.25, -0.2) is 4.39 Å². The Hall–Kier alpha value is -3.03. The molecule has 0 fully saturated rings.